The maximum Gasteiger partial charge on any atom is 0.227 e. The summed E-state index contributed by atoms with van der Waals surface area (Å²) in [6.45, 7) is 7.13. The monoisotopic (exact) mass is 266 g/mol. The van der Waals surface area contributed by atoms with E-state index in [2.05, 4.69) is 0 Å². The van der Waals surface area contributed by atoms with Gasteiger partial charge in [-0.05, 0) is 32.1 Å². The van der Waals surface area contributed by atoms with Crippen molar-refractivity contribution in [1.82, 2.24) is 9.80 Å². The van der Waals surface area contributed by atoms with E-state index < -0.39 is 0 Å². The third-order valence-electron chi connectivity index (χ3n) is 4.24. The van der Waals surface area contributed by atoms with Gasteiger partial charge in [-0.15, -0.1) is 0 Å². The molecule has 2 aliphatic heterocycles. The summed E-state index contributed by atoms with van der Waals surface area (Å²) >= 11 is 0. The highest BCUT2D eigenvalue weighted by Crippen LogP contribution is 2.22. The van der Waals surface area contributed by atoms with Crippen molar-refractivity contribution in [2.45, 2.75) is 46.0 Å². The molecule has 0 N–H and O–H groups in total. The fourth-order valence-electron chi connectivity index (χ4n) is 3.12. The first kappa shape index (κ1) is 14.4. The molecule has 0 aromatic carbocycles. The number of hydrogen-bond acceptors (Lipinski definition) is 2. The topological polar surface area (TPSA) is 40.6 Å². The Kier molecular flexibility index (Phi) is 4.83. The molecule has 2 aliphatic rings. The van der Waals surface area contributed by atoms with Gasteiger partial charge in [0, 0.05) is 32.1 Å². The molecule has 19 heavy (non-hydrogen) atoms. The van der Waals surface area contributed by atoms with Gasteiger partial charge in [0.05, 0.1) is 5.92 Å². The number of amides is 2. The van der Waals surface area contributed by atoms with Crippen molar-refractivity contribution in [2.75, 3.05) is 26.2 Å². The predicted octanol–water partition coefficient (Wildman–Crippen LogP) is 1.89. The highest BCUT2D eigenvalue weighted by molar-refractivity contribution is 5.82. The van der Waals surface area contributed by atoms with E-state index >= 15 is 0 Å². The van der Waals surface area contributed by atoms with E-state index in [4.69, 9.17) is 0 Å². The van der Waals surface area contributed by atoms with Crippen LogP contribution in [0.2, 0.25) is 0 Å². The van der Waals surface area contributed by atoms with Crippen molar-refractivity contribution in [1.29, 1.82) is 0 Å². The number of carbonyl (C=O) groups excluding carboxylic acids is 2. The van der Waals surface area contributed by atoms with Crippen molar-refractivity contribution >= 4 is 11.8 Å². The van der Waals surface area contributed by atoms with Crippen molar-refractivity contribution in [3.8, 4) is 0 Å². The number of carbonyl (C=O) groups is 2. The summed E-state index contributed by atoms with van der Waals surface area (Å²) in [6, 6.07) is 0. The van der Waals surface area contributed by atoms with Crippen LogP contribution < -0.4 is 0 Å². The van der Waals surface area contributed by atoms with Crippen LogP contribution >= 0.6 is 0 Å². The van der Waals surface area contributed by atoms with Crippen LogP contribution in [0.4, 0.5) is 0 Å². The van der Waals surface area contributed by atoms with E-state index in [-0.39, 0.29) is 23.7 Å². The Bertz CT molecular complexity index is 335. The van der Waals surface area contributed by atoms with E-state index in [1.54, 1.807) is 0 Å². The predicted molar refractivity (Wildman–Crippen MR) is 74.6 cm³/mol. The van der Waals surface area contributed by atoms with Crippen LogP contribution in [0.25, 0.3) is 0 Å². The summed E-state index contributed by atoms with van der Waals surface area (Å²) in [5.74, 6) is 0.537. The third kappa shape index (κ3) is 3.48. The highest BCUT2D eigenvalue weighted by atomic mass is 16.2. The molecule has 0 spiro atoms. The Balaban J connectivity index is 1.92. The lowest BCUT2D eigenvalue weighted by atomic mass is 9.94. The molecule has 0 saturated carbocycles. The van der Waals surface area contributed by atoms with Crippen molar-refractivity contribution in [2.24, 2.45) is 11.8 Å². The minimum Gasteiger partial charge on any atom is -0.342 e. The summed E-state index contributed by atoms with van der Waals surface area (Å²) in [5, 5.41) is 0. The van der Waals surface area contributed by atoms with Crippen LogP contribution in [0.1, 0.15) is 46.0 Å². The Morgan fingerprint density at radius 3 is 2.21 bits per heavy atom. The quantitative estimate of drug-likeness (QED) is 0.766. The van der Waals surface area contributed by atoms with Gasteiger partial charge in [-0.2, -0.15) is 0 Å². The molecule has 2 amide bonds. The zero-order valence-electron chi connectivity index (χ0n) is 12.2. The Morgan fingerprint density at radius 1 is 0.947 bits per heavy atom. The molecule has 2 saturated heterocycles. The summed E-state index contributed by atoms with van der Waals surface area (Å²) in [7, 11) is 0. The fourth-order valence-corrected chi connectivity index (χ4v) is 3.12. The fraction of sp³-hybridized carbons (Fsp3) is 0.867. The van der Waals surface area contributed by atoms with Crippen LogP contribution in [-0.2, 0) is 9.59 Å². The van der Waals surface area contributed by atoms with Gasteiger partial charge in [0.2, 0.25) is 11.8 Å². The normalized spacial score (nSPS) is 24.7. The maximum atomic E-state index is 12.5. The lowest BCUT2D eigenvalue weighted by Crippen LogP contribution is -2.48. The Hall–Kier alpha value is -1.06. The molecule has 0 bridgehead atoms. The van der Waals surface area contributed by atoms with Gasteiger partial charge in [0.25, 0.3) is 0 Å². The van der Waals surface area contributed by atoms with E-state index in [1.807, 2.05) is 23.6 Å². The molecule has 4 nitrogen and oxygen atoms in total. The zero-order valence-corrected chi connectivity index (χ0v) is 12.2. The second-order valence-corrected chi connectivity index (χ2v) is 6.16. The second-order valence-electron chi connectivity index (χ2n) is 6.16. The largest absolute Gasteiger partial charge is 0.342 e. The van der Waals surface area contributed by atoms with Gasteiger partial charge >= 0.3 is 0 Å². The van der Waals surface area contributed by atoms with Gasteiger partial charge in [-0.1, -0.05) is 13.8 Å². The van der Waals surface area contributed by atoms with Gasteiger partial charge in [0.1, 0.15) is 0 Å². The molecular weight excluding hydrogens is 240 g/mol. The lowest BCUT2D eigenvalue weighted by molar-refractivity contribution is -0.142. The smallest absolute Gasteiger partial charge is 0.227 e. The van der Waals surface area contributed by atoms with Gasteiger partial charge < -0.3 is 9.80 Å². The number of rotatable bonds is 2. The van der Waals surface area contributed by atoms with E-state index in [1.165, 1.54) is 6.42 Å². The molecule has 108 valence electrons. The van der Waals surface area contributed by atoms with Crippen molar-refractivity contribution < 1.29 is 9.59 Å². The molecule has 2 rings (SSSR count). The van der Waals surface area contributed by atoms with Crippen LogP contribution in [-0.4, -0.2) is 47.8 Å². The second kappa shape index (κ2) is 6.40. The summed E-state index contributed by atoms with van der Waals surface area (Å²) in [6.07, 6.45) is 5.41. The molecule has 4 heteroatoms. The minimum atomic E-state index is 0.0313. The molecule has 2 fully saturated rings. The number of piperidine rings is 2. The number of likely N-dealkylation sites (tertiary alicyclic amines) is 2. The van der Waals surface area contributed by atoms with E-state index in [9.17, 15) is 9.59 Å². The first-order valence-corrected chi connectivity index (χ1v) is 7.67. The first-order chi connectivity index (χ1) is 9.09. The molecular formula is C15H26N2O2. The van der Waals surface area contributed by atoms with Gasteiger partial charge in [0.15, 0.2) is 0 Å². The number of nitrogens with zero attached hydrogens (tertiary/aromatic N) is 2. The minimum absolute atomic E-state index is 0.0313. The molecule has 0 aliphatic carbocycles. The van der Waals surface area contributed by atoms with Crippen LogP contribution in [0.15, 0.2) is 0 Å². The van der Waals surface area contributed by atoms with Crippen LogP contribution in [0, 0.1) is 11.8 Å². The summed E-state index contributed by atoms with van der Waals surface area (Å²) < 4.78 is 0. The molecule has 1 atom stereocenters. The lowest BCUT2D eigenvalue weighted by Gasteiger charge is -2.36. The Morgan fingerprint density at radius 2 is 1.58 bits per heavy atom. The van der Waals surface area contributed by atoms with Crippen LogP contribution in [0.3, 0.4) is 0 Å². The van der Waals surface area contributed by atoms with Crippen molar-refractivity contribution in [3.63, 3.8) is 0 Å². The number of hydrogen-bond donors (Lipinski definition) is 0. The average Bonchev–Trinajstić information content (AvgIpc) is 2.46. The molecule has 2 heterocycles. The standard InChI is InChI=1S/C15H26N2O2/c1-12(2)14(18)17-10-6-7-13(11-17)15(19)16-8-4-3-5-9-16/h12-13H,3-11H2,1-2H3/t13-/m0/s1. The van der Waals surface area contributed by atoms with E-state index in [0.29, 0.717) is 6.54 Å². The average molecular weight is 266 g/mol. The Labute approximate surface area is 116 Å². The van der Waals surface area contributed by atoms with E-state index in [0.717, 1.165) is 45.3 Å². The molecule has 0 unspecified atom stereocenters. The third-order valence-corrected chi connectivity index (χ3v) is 4.24. The maximum absolute atomic E-state index is 12.5. The SMILES string of the molecule is CC(C)C(=O)N1CCC[C@H](C(=O)N2CCCCC2)C1. The van der Waals surface area contributed by atoms with Gasteiger partial charge in [-0.3, -0.25) is 9.59 Å². The van der Waals surface area contributed by atoms with Gasteiger partial charge in [-0.25, -0.2) is 0 Å². The highest BCUT2D eigenvalue weighted by Gasteiger charge is 2.32. The van der Waals surface area contributed by atoms with Crippen LogP contribution in [0.5, 0.6) is 0 Å². The molecule has 0 aromatic rings. The first-order valence-electron chi connectivity index (χ1n) is 7.67. The zero-order chi connectivity index (χ0) is 13.8. The van der Waals surface area contributed by atoms with Crippen molar-refractivity contribution in [3.05, 3.63) is 0 Å². The molecule has 0 radical (unpaired) electrons. The summed E-state index contributed by atoms with van der Waals surface area (Å²) in [4.78, 5) is 28.4. The summed E-state index contributed by atoms with van der Waals surface area (Å²) in [5.41, 5.74) is 0. The molecule has 0 aromatic heterocycles.